The number of hydrogen-bond acceptors (Lipinski definition) is 1. The Hall–Kier alpha value is -0.473. The Kier molecular flexibility index (Phi) is 9.69. The van der Waals surface area contributed by atoms with Gasteiger partial charge in [0, 0.05) is 0 Å². The summed E-state index contributed by atoms with van der Waals surface area (Å²) in [6.07, 6.45) is 12.1. The van der Waals surface area contributed by atoms with Gasteiger partial charge in [-0.1, -0.05) is 81.6 Å². The first-order chi connectivity index (χ1) is 16.0. The normalized spacial score (nSPS) is 41.4. The number of nitrogens with zero attached hydrogens (tertiary/aromatic N) is 3. The van der Waals surface area contributed by atoms with E-state index >= 15 is 0 Å². The van der Waals surface area contributed by atoms with E-state index < -0.39 is 8.24 Å². The van der Waals surface area contributed by atoms with Crippen molar-refractivity contribution >= 4 is 8.24 Å². The van der Waals surface area contributed by atoms with E-state index in [0.717, 1.165) is 35.5 Å². The third-order valence-corrected chi connectivity index (χ3v) is 17.1. The van der Waals surface area contributed by atoms with E-state index in [1.807, 2.05) is 0 Å². The molecule has 4 heteroatoms. The van der Waals surface area contributed by atoms with E-state index in [2.05, 4.69) is 67.2 Å². The molecule has 0 aromatic carbocycles. The standard InChI is InChI=1S/C30H57N3Si/c1-19(2)25-13-10-22(7)16-28(25)34(33-32-31,29-17-23(8)11-14-26(29)20(3)4)30-18-24(9)12-15-27(30)21(5)6/h19-30H,10-18H2,1-9H3. The van der Waals surface area contributed by atoms with Crippen LogP contribution in [0.2, 0.25) is 16.6 Å². The van der Waals surface area contributed by atoms with Crippen molar-refractivity contribution in [2.45, 2.75) is 137 Å². The molecule has 0 N–H and O–H groups in total. The maximum atomic E-state index is 10.4. The average molecular weight is 488 g/mol. The molecular weight excluding hydrogens is 430 g/mol. The fraction of sp³-hybridized carbons (Fsp3) is 1.00. The maximum Gasteiger partial charge on any atom is 0.165 e. The minimum atomic E-state index is -2.39. The van der Waals surface area contributed by atoms with Gasteiger partial charge < -0.3 is 0 Å². The topological polar surface area (TPSA) is 48.8 Å². The van der Waals surface area contributed by atoms with Crippen LogP contribution in [0.4, 0.5) is 0 Å². The van der Waals surface area contributed by atoms with E-state index in [4.69, 9.17) is 4.78 Å². The van der Waals surface area contributed by atoms with E-state index in [0.29, 0.717) is 34.4 Å². The molecule has 196 valence electrons. The lowest BCUT2D eigenvalue weighted by atomic mass is 9.75. The quantitative estimate of drug-likeness (QED) is 0.148. The second-order valence-electron chi connectivity index (χ2n) is 14.4. The summed E-state index contributed by atoms with van der Waals surface area (Å²) in [4.78, 5) is 3.88. The fourth-order valence-corrected chi connectivity index (χ4v) is 17.6. The third-order valence-electron chi connectivity index (χ3n) is 11.1. The zero-order valence-electron chi connectivity index (χ0n) is 24.1. The second kappa shape index (κ2) is 11.7. The monoisotopic (exact) mass is 487 g/mol. The molecule has 0 bridgehead atoms. The van der Waals surface area contributed by atoms with Crippen molar-refractivity contribution in [3.05, 3.63) is 10.4 Å². The van der Waals surface area contributed by atoms with Crippen LogP contribution in [0.1, 0.15) is 120 Å². The highest BCUT2D eigenvalue weighted by molar-refractivity contribution is 6.82. The number of hydrogen-bond donors (Lipinski definition) is 0. The third kappa shape index (κ3) is 5.59. The van der Waals surface area contributed by atoms with E-state index in [1.165, 1.54) is 57.8 Å². The Morgan fingerprint density at radius 2 is 0.882 bits per heavy atom. The lowest BCUT2D eigenvalue weighted by Gasteiger charge is -2.59. The van der Waals surface area contributed by atoms with Gasteiger partial charge in [-0.3, -0.25) is 0 Å². The molecule has 9 atom stereocenters. The van der Waals surface area contributed by atoms with Crippen LogP contribution in [0.3, 0.4) is 0 Å². The van der Waals surface area contributed by atoms with Gasteiger partial charge in [-0.2, -0.15) is 0 Å². The molecule has 3 rings (SSSR count). The Labute approximate surface area is 213 Å². The summed E-state index contributed by atoms with van der Waals surface area (Å²) >= 11 is 0. The highest BCUT2D eigenvalue weighted by Gasteiger charge is 2.61. The van der Waals surface area contributed by atoms with Gasteiger partial charge in [-0.05, 0) is 119 Å². The van der Waals surface area contributed by atoms with Crippen molar-refractivity contribution in [1.29, 1.82) is 0 Å². The molecule has 0 aromatic heterocycles. The van der Waals surface area contributed by atoms with Crippen molar-refractivity contribution in [2.24, 2.45) is 58.0 Å². The smallest absolute Gasteiger partial charge is 0.123 e. The van der Waals surface area contributed by atoms with Crippen LogP contribution in [-0.4, -0.2) is 8.24 Å². The molecule has 0 amide bonds. The Morgan fingerprint density at radius 1 is 0.588 bits per heavy atom. The van der Waals surface area contributed by atoms with Crippen LogP contribution in [0.25, 0.3) is 10.4 Å². The van der Waals surface area contributed by atoms with Gasteiger partial charge in [0.15, 0.2) is 8.24 Å². The van der Waals surface area contributed by atoms with Crippen LogP contribution in [0, 0.1) is 53.3 Å². The second-order valence-corrected chi connectivity index (χ2v) is 18.6. The highest BCUT2D eigenvalue weighted by atomic mass is 28.3. The predicted molar refractivity (Wildman–Crippen MR) is 150 cm³/mol. The molecule has 0 heterocycles. The van der Waals surface area contributed by atoms with Crippen LogP contribution < -0.4 is 0 Å². The SMILES string of the molecule is CC1CCC(C(C)C)C([Si](N=[N+]=[N-])(C2CC(C)CCC2C(C)C)C2CC(C)CCC2C(C)C)C1. The Balaban J connectivity index is 2.27. The minimum absolute atomic E-state index is 0.667. The molecular formula is C30H57N3Si. The van der Waals surface area contributed by atoms with Crippen molar-refractivity contribution in [1.82, 2.24) is 0 Å². The van der Waals surface area contributed by atoms with Gasteiger partial charge in [0.1, 0.15) is 0 Å². The molecule has 34 heavy (non-hydrogen) atoms. The van der Waals surface area contributed by atoms with Crippen molar-refractivity contribution in [3.8, 4) is 0 Å². The van der Waals surface area contributed by atoms with Crippen LogP contribution in [0.15, 0.2) is 4.78 Å². The first-order valence-corrected chi connectivity index (χ1v) is 17.3. The van der Waals surface area contributed by atoms with Crippen molar-refractivity contribution in [2.75, 3.05) is 0 Å². The van der Waals surface area contributed by atoms with Gasteiger partial charge in [-0.25, -0.2) is 0 Å². The van der Waals surface area contributed by atoms with Crippen LogP contribution in [0.5, 0.6) is 0 Å². The summed E-state index contributed by atoms with van der Waals surface area (Å²) in [5.74, 6) is 6.62. The van der Waals surface area contributed by atoms with E-state index in [9.17, 15) is 5.53 Å². The molecule has 0 spiro atoms. The van der Waals surface area contributed by atoms with Crippen molar-refractivity contribution in [3.63, 3.8) is 0 Å². The summed E-state index contributed by atoms with van der Waals surface area (Å²) in [5.41, 5.74) is 12.4. The summed E-state index contributed by atoms with van der Waals surface area (Å²) in [6, 6.07) is 0. The van der Waals surface area contributed by atoms with Crippen molar-refractivity contribution < 1.29 is 0 Å². The minimum Gasteiger partial charge on any atom is -0.123 e. The lowest BCUT2D eigenvalue weighted by molar-refractivity contribution is 0.176. The molecule has 0 aliphatic heterocycles. The summed E-state index contributed by atoms with van der Waals surface area (Å²) in [7, 11) is -2.39. The van der Waals surface area contributed by atoms with Gasteiger partial charge in [0.05, 0.1) is 0 Å². The van der Waals surface area contributed by atoms with E-state index in [-0.39, 0.29) is 0 Å². The Bertz CT molecular complexity index is 618. The largest absolute Gasteiger partial charge is 0.165 e. The predicted octanol–water partition coefficient (Wildman–Crippen LogP) is 10.6. The zero-order valence-corrected chi connectivity index (χ0v) is 25.1. The van der Waals surface area contributed by atoms with E-state index in [1.54, 1.807) is 0 Å². The maximum absolute atomic E-state index is 10.4. The molecule has 3 nitrogen and oxygen atoms in total. The molecule has 3 aliphatic rings. The molecule has 9 unspecified atom stereocenters. The average Bonchev–Trinajstić information content (AvgIpc) is 2.76. The molecule has 0 aromatic rings. The zero-order chi connectivity index (χ0) is 25.2. The molecule has 3 aliphatic carbocycles. The lowest BCUT2D eigenvalue weighted by Crippen LogP contribution is -2.58. The van der Waals surface area contributed by atoms with Crippen LogP contribution in [-0.2, 0) is 0 Å². The first-order valence-electron chi connectivity index (χ1n) is 15.1. The fourth-order valence-electron chi connectivity index (χ4n) is 9.33. The summed E-state index contributed by atoms with van der Waals surface area (Å²) < 4.78 is 5.35. The van der Waals surface area contributed by atoms with Crippen LogP contribution >= 0.6 is 0 Å². The summed E-state index contributed by atoms with van der Waals surface area (Å²) in [5, 5.41) is 0. The molecule has 0 radical (unpaired) electrons. The molecule has 3 fully saturated rings. The van der Waals surface area contributed by atoms with Gasteiger partial charge >= 0.3 is 0 Å². The number of rotatable bonds is 7. The first kappa shape index (κ1) is 28.1. The molecule has 3 saturated carbocycles. The van der Waals surface area contributed by atoms with Gasteiger partial charge in [0.25, 0.3) is 0 Å². The summed E-state index contributed by atoms with van der Waals surface area (Å²) in [6.45, 7) is 22.3. The van der Waals surface area contributed by atoms with Gasteiger partial charge in [-0.15, -0.1) is 4.78 Å². The van der Waals surface area contributed by atoms with Gasteiger partial charge in [0.2, 0.25) is 0 Å². The number of azide groups is 1. The molecule has 0 saturated heterocycles. The highest BCUT2D eigenvalue weighted by Crippen LogP contribution is 2.65. The Morgan fingerprint density at radius 3 is 1.12 bits per heavy atom.